The van der Waals surface area contributed by atoms with E-state index in [9.17, 15) is 4.39 Å². The van der Waals surface area contributed by atoms with Gasteiger partial charge in [0.15, 0.2) is 0 Å². The van der Waals surface area contributed by atoms with Crippen LogP contribution in [0.3, 0.4) is 0 Å². The van der Waals surface area contributed by atoms with E-state index in [4.69, 9.17) is 10.5 Å². The van der Waals surface area contributed by atoms with Gasteiger partial charge in [-0.1, -0.05) is 0 Å². The summed E-state index contributed by atoms with van der Waals surface area (Å²) in [5, 5.41) is 0. The molecule has 0 aliphatic heterocycles. The molecule has 2 N–H and O–H groups in total. The fourth-order valence-electron chi connectivity index (χ4n) is 1.65. The molecule has 0 aliphatic rings. The highest BCUT2D eigenvalue weighted by Crippen LogP contribution is 2.27. The van der Waals surface area contributed by atoms with Gasteiger partial charge in [0.25, 0.3) is 0 Å². The molecule has 0 saturated carbocycles. The summed E-state index contributed by atoms with van der Waals surface area (Å²) in [6.45, 7) is 1.89. The Morgan fingerprint density at radius 3 is 2.56 bits per heavy atom. The first-order valence-corrected chi connectivity index (χ1v) is 5.49. The molecule has 1 atom stereocenters. The third-order valence-electron chi connectivity index (χ3n) is 2.61. The average molecular weight is 247 g/mol. The van der Waals surface area contributed by atoms with Gasteiger partial charge in [-0.2, -0.15) is 0 Å². The van der Waals surface area contributed by atoms with Gasteiger partial charge in [-0.25, -0.2) is 14.4 Å². The summed E-state index contributed by atoms with van der Waals surface area (Å²) in [6.07, 6.45) is 3.35. The highest BCUT2D eigenvalue weighted by atomic mass is 19.1. The molecule has 1 unspecified atom stereocenters. The summed E-state index contributed by atoms with van der Waals surface area (Å²) in [6, 6.07) is 3.59. The lowest BCUT2D eigenvalue weighted by molar-refractivity contribution is 0.405. The van der Waals surface area contributed by atoms with Crippen LogP contribution in [-0.4, -0.2) is 17.1 Å². The van der Waals surface area contributed by atoms with Crippen molar-refractivity contribution >= 4 is 0 Å². The monoisotopic (exact) mass is 247 g/mol. The average Bonchev–Trinajstić information content (AvgIpc) is 2.39. The largest absolute Gasteiger partial charge is 0.496 e. The first-order valence-electron chi connectivity index (χ1n) is 5.49. The first-order chi connectivity index (χ1) is 8.61. The molecule has 5 heteroatoms. The minimum atomic E-state index is -0.615. The molecule has 2 aromatic rings. The molecule has 0 amide bonds. The number of hydrogen-bond acceptors (Lipinski definition) is 4. The van der Waals surface area contributed by atoms with Crippen LogP contribution < -0.4 is 10.5 Å². The number of nitrogens with zero attached hydrogens (tertiary/aromatic N) is 2. The van der Waals surface area contributed by atoms with E-state index in [2.05, 4.69) is 9.97 Å². The van der Waals surface area contributed by atoms with E-state index < -0.39 is 6.04 Å². The SMILES string of the molecule is COc1ccc(F)cc1C(N)c1ncc(C)cn1. The Hall–Kier alpha value is -2.01. The molecule has 4 nitrogen and oxygen atoms in total. The first kappa shape index (κ1) is 12.4. The van der Waals surface area contributed by atoms with E-state index in [1.807, 2.05) is 6.92 Å². The van der Waals surface area contributed by atoms with E-state index in [1.165, 1.54) is 19.2 Å². The van der Waals surface area contributed by atoms with Gasteiger partial charge in [-0.05, 0) is 30.7 Å². The van der Waals surface area contributed by atoms with Crippen molar-refractivity contribution in [3.05, 3.63) is 53.4 Å². The molecular weight excluding hydrogens is 233 g/mol. The number of aromatic nitrogens is 2. The van der Waals surface area contributed by atoms with Crippen molar-refractivity contribution in [2.75, 3.05) is 7.11 Å². The maximum atomic E-state index is 13.3. The van der Waals surface area contributed by atoms with E-state index in [0.717, 1.165) is 5.56 Å². The summed E-state index contributed by atoms with van der Waals surface area (Å²) in [5.74, 6) is 0.589. The molecule has 0 radical (unpaired) electrons. The van der Waals surface area contributed by atoms with Crippen LogP contribution in [-0.2, 0) is 0 Å². The zero-order chi connectivity index (χ0) is 13.1. The molecular formula is C13H14FN3O. The second-order valence-electron chi connectivity index (χ2n) is 3.98. The number of halogens is 1. The Balaban J connectivity index is 2.41. The van der Waals surface area contributed by atoms with E-state index in [1.54, 1.807) is 18.5 Å². The van der Waals surface area contributed by atoms with E-state index in [-0.39, 0.29) is 5.82 Å². The van der Waals surface area contributed by atoms with Gasteiger partial charge in [0.1, 0.15) is 17.4 Å². The smallest absolute Gasteiger partial charge is 0.149 e. The van der Waals surface area contributed by atoms with Crippen LogP contribution in [0.5, 0.6) is 5.75 Å². The van der Waals surface area contributed by atoms with E-state index >= 15 is 0 Å². The van der Waals surface area contributed by atoms with Gasteiger partial charge in [0.2, 0.25) is 0 Å². The Morgan fingerprint density at radius 1 is 1.28 bits per heavy atom. The quantitative estimate of drug-likeness (QED) is 0.900. The molecule has 2 rings (SSSR count). The molecule has 1 heterocycles. The molecule has 0 spiro atoms. The molecule has 18 heavy (non-hydrogen) atoms. The minimum Gasteiger partial charge on any atom is -0.496 e. The van der Waals surface area contributed by atoms with Crippen molar-refractivity contribution in [2.45, 2.75) is 13.0 Å². The zero-order valence-electron chi connectivity index (χ0n) is 10.2. The second-order valence-corrected chi connectivity index (χ2v) is 3.98. The van der Waals surface area contributed by atoms with Gasteiger partial charge in [-0.15, -0.1) is 0 Å². The Kier molecular flexibility index (Phi) is 3.53. The van der Waals surface area contributed by atoms with Crippen molar-refractivity contribution in [3.8, 4) is 5.75 Å². The predicted molar refractivity (Wildman–Crippen MR) is 65.8 cm³/mol. The summed E-state index contributed by atoms with van der Waals surface area (Å²) in [5.41, 5.74) is 7.51. The van der Waals surface area contributed by atoms with Crippen LogP contribution in [0.15, 0.2) is 30.6 Å². The summed E-state index contributed by atoms with van der Waals surface area (Å²) < 4.78 is 18.4. The number of methoxy groups -OCH3 is 1. The maximum Gasteiger partial charge on any atom is 0.149 e. The standard InChI is InChI=1S/C13H14FN3O/c1-8-6-16-13(17-7-8)12(15)10-5-9(14)3-4-11(10)18-2/h3-7,12H,15H2,1-2H3. The van der Waals surface area contributed by atoms with Crippen LogP contribution in [0.4, 0.5) is 4.39 Å². The van der Waals surface area contributed by atoms with Gasteiger partial charge in [0.05, 0.1) is 13.2 Å². The van der Waals surface area contributed by atoms with E-state index in [0.29, 0.717) is 17.1 Å². The second kappa shape index (κ2) is 5.10. The van der Waals surface area contributed by atoms with Crippen molar-refractivity contribution in [2.24, 2.45) is 5.73 Å². The van der Waals surface area contributed by atoms with Crippen LogP contribution in [0.2, 0.25) is 0 Å². The van der Waals surface area contributed by atoms with Crippen LogP contribution in [0, 0.1) is 12.7 Å². The van der Waals surface area contributed by atoms with Crippen molar-refractivity contribution < 1.29 is 9.13 Å². The lowest BCUT2D eigenvalue weighted by atomic mass is 10.1. The number of aryl methyl sites for hydroxylation is 1. The summed E-state index contributed by atoms with van der Waals surface area (Å²) in [4.78, 5) is 8.29. The van der Waals surface area contributed by atoms with Gasteiger partial charge in [-0.3, -0.25) is 0 Å². The summed E-state index contributed by atoms with van der Waals surface area (Å²) >= 11 is 0. The number of ether oxygens (including phenoxy) is 1. The van der Waals surface area contributed by atoms with Gasteiger partial charge < -0.3 is 10.5 Å². The topological polar surface area (TPSA) is 61.0 Å². The normalized spacial score (nSPS) is 12.2. The van der Waals surface area contributed by atoms with Crippen LogP contribution in [0.25, 0.3) is 0 Å². The molecule has 1 aromatic carbocycles. The molecule has 94 valence electrons. The lowest BCUT2D eigenvalue weighted by Gasteiger charge is -2.14. The van der Waals surface area contributed by atoms with Crippen LogP contribution >= 0.6 is 0 Å². The van der Waals surface area contributed by atoms with Crippen LogP contribution in [0.1, 0.15) is 23.0 Å². The zero-order valence-corrected chi connectivity index (χ0v) is 10.2. The van der Waals surface area contributed by atoms with Crippen molar-refractivity contribution in [3.63, 3.8) is 0 Å². The molecule has 1 aromatic heterocycles. The lowest BCUT2D eigenvalue weighted by Crippen LogP contribution is -2.16. The molecule has 0 saturated heterocycles. The third-order valence-corrected chi connectivity index (χ3v) is 2.61. The number of rotatable bonds is 3. The number of benzene rings is 1. The predicted octanol–water partition coefficient (Wildman–Crippen LogP) is 1.98. The number of hydrogen-bond donors (Lipinski definition) is 1. The van der Waals surface area contributed by atoms with Crippen molar-refractivity contribution in [1.82, 2.24) is 9.97 Å². The summed E-state index contributed by atoms with van der Waals surface area (Å²) in [7, 11) is 1.51. The highest BCUT2D eigenvalue weighted by Gasteiger charge is 2.17. The Morgan fingerprint density at radius 2 is 1.94 bits per heavy atom. The van der Waals surface area contributed by atoms with Gasteiger partial charge in [0, 0.05) is 18.0 Å². The van der Waals surface area contributed by atoms with Crippen molar-refractivity contribution in [1.29, 1.82) is 0 Å². The minimum absolute atomic E-state index is 0.367. The Labute approximate surface area is 105 Å². The molecule has 0 aliphatic carbocycles. The van der Waals surface area contributed by atoms with Gasteiger partial charge >= 0.3 is 0 Å². The fourth-order valence-corrected chi connectivity index (χ4v) is 1.65. The highest BCUT2D eigenvalue weighted by molar-refractivity contribution is 5.39. The third kappa shape index (κ3) is 2.46. The Bertz CT molecular complexity index is 542. The fraction of sp³-hybridized carbons (Fsp3) is 0.231. The maximum absolute atomic E-state index is 13.3. The number of nitrogens with two attached hydrogens (primary N) is 1. The molecule has 0 fully saturated rings. The molecule has 0 bridgehead atoms.